The first-order valence-electron chi connectivity index (χ1n) is 6.79. The number of rotatable bonds is 5. The number of nitrogens with one attached hydrogen (secondary N) is 1. The zero-order valence-electron chi connectivity index (χ0n) is 12.1. The Labute approximate surface area is 127 Å². The van der Waals surface area contributed by atoms with Gasteiger partial charge < -0.3 is 5.32 Å². The zero-order valence-corrected chi connectivity index (χ0v) is 12.9. The van der Waals surface area contributed by atoms with E-state index in [4.69, 9.17) is 0 Å². The molecule has 0 spiro atoms. The van der Waals surface area contributed by atoms with Crippen molar-refractivity contribution in [2.75, 3.05) is 23.9 Å². The number of imidazole rings is 1. The molecule has 5 nitrogen and oxygen atoms in total. The molecule has 0 aliphatic carbocycles. The molecule has 0 unspecified atom stereocenters. The van der Waals surface area contributed by atoms with E-state index < -0.39 is 0 Å². The standard InChI is InChI=1S/C15H17N5S/c1-11-16-7-9-20(11)15-18-13-6-4-3-5-12(13)14(19-15)17-8-10-21-2/h3-7,9H,8,10H2,1-2H3,(H,17,18,19). The molecule has 0 radical (unpaired) electrons. The molecule has 0 saturated carbocycles. The van der Waals surface area contributed by atoms with Crippen molar-refractivity contribution in [3.05, 3.63) is 42.5 Å². The smallest absolute Gasteiger partial charge is 0.237 e. The third-order valence-electron chi connectivity index (χ3n) is 3.23. The number of benzene rings is 1. The molecule has 2 heterocycles. The highest BCUT2D eigenvalue weighted by Crippen LogP contribution is 2.21. The first-order chi connectivity index (χ1) is 10.3. The number of hydrogen-bond acceptors (Lipinski definition) is 5. The Morgan fingerprint density at radius 2 is 2.10 bits per heavy atom. The molecule has 2 aromatic heterocycles. The van der Waals surface area contributed by atoms with Crippen LogP contribution in [0.1, 0.15) is 5.82 Å². The summed E-state index contributed by atoms with van der Waals surface area (Å²) in [4.78, 5) is 13.5. The van der Waals surface area contributed by atoms with Crippen molar-refractivity contribution in [1.82, 2.24) is 19.5 Å². The first kappa shape index (κ1) is 13.9. The highest BCUT2D eigenvalue weighted by molar-refractivity contribution is 7.98. The lowest BCUT2D eigenvalue weighted by Gasteiger charge is -2.11. The first-order valence-corrected chi connectivity index (χ1v) is 8.19. The van der Waals surface area contributed by atoms with Crippen LogP contribution in [0.15, 0.2) is 36.7 Å². The average Bonchev–Trinajstić information content (AvgIpc) is 2.93. The summed E-state index contributed by atoms with van der Waals surface area (Å²) in [6.07, 6.45) is 5.74. The maximum absolute atomic E-state index is 4.67. The van der Waals surface area contributed by atoms with Crippen LogP contribution in [0.2, 0.25) is 0 Å². The van der Waals surface area contributed by atoms with Gasteiger partial charge in [0.05, 0.1) is 5.52 Å². The van der Waals surface area contributed by atoms with Gasteiger partial charge in [0.25, 0.3) is 0 Å². The van der Waals surface area contributed by atoms with E-state index in [0.717, 1.165) is 34.8 Å². The fourth-order valence-electron chi connectivity index (χ4n) is 2.17. The average molecular weight is 299 g/mol. The molecule has 0 aliphatic rings. The van der Waals surface area contributed by atoms with E-state index in [1.807, 2.05) is 53.7 Å². The van der Waals surface area contributed by atoms with Crippen LogP contribution in [0.4, 0.5) is 5.82 Å². The number of nitrogens with zero attached hydrogens (tertiary/aromatic N) is 4. The molecule has 0 saturated heterocycles. The summed E-state index contributed by atoms with van der Waals surface area (Å²) < 4.78 is 1.90. The number of hydrogen-bond donors (Lipinski definition) is 1. The molecule has 21 heavy (non-hydrogen) atoms. The Kier molecular flexibility index (Phi) is 4.06. The topological polar surface area (TPSA) is 55.6 Å². The quantitative estimate of drug-likeness (QED) is 0.734. The van der Waals surface area contributed by atoms with Crippen LogP contribution >= 0.6 is 11.8 Å². The van der Waals surface area contributed by atoms with Gasteiger partial charge >= 0.3 is 0 Å². The molecular formula is C15H17N5S. The van der Waals surface area contributed by atoms with E-state index in [0.29, 0.717) is 5.95 Å². The number of anilines is 1. The van der Waals surface area contributed by atoms with Gasteiger partial charge in [0.2, 0.25) is 5.95 Å². The van der Waals surface area contributed by atoms with Gasteiger partial charge in [-0.05, 0) is 25.3 Å². The molecule has 0 atom stereocenters. The number of thioether (sulfide) groups is 1. The summed E-state index contributed by atoms with van der Waals surface area (Å²) in [5.41, 5.74) is 0.933. The van der Waals surface area contributed by atoms with Crippen LogP contribution < -0.4 is 5.32 Å². The SMILES string of the molecule is CSCCNc1nc(-n2ccnc2C)nc2ccccc12. The maximum atomic E-state index is 4.67. The molecule has 1 N–H and O–H groups in total. The van der Waals surface area contributed by atoms with Gasteiger partial charge in [0.1, 0.15) is 11.6 Å². The third-order valence-corrected chi connectivity index (χ3v) is 3.84. The molecule has 0 bridgehead atoms. The lowest BCUT2D eigenvalue weighted by Crippen LogP contribution is -2.10. The highest BCUT2D eigenvalue weighted by atomic mass is 32.2. The van der Waals surface area contributed by atoms with Gasteiger partial charge in [-0.1, -0.05) is 12.1 Å². The summed E-state index contributed by atoms with van der Waals surface area (Å²) in [6, 6.07) is 8.05. The minimum atomic E-state index is 0.648. The summed E-state index contributed by atoms with van der Waals surface area (Å²) in [5, 5.41) is 4.45. The Balaban J connectivity index is 2.08. The summed E-state index contributed by atoms with van der Waals surface area (Å²) >= 11 is 1.81. The Morgan fingerprint density at radius 1 is 1.24 bits per heavy atom. The highest BCUT2D eigenvalue weighted by Gasteiger charge is 2.09. The van der Waals surface area contributed by atoms with Crippen LogP contribution in [-0.2, 0) is 0 Å². The summed E-state index contributed by atoms with van der Waals surface area (Å²) in [6.45, 7) is 2.82. The second kappa shape index (κ2) is 6.13. The molecule has 0 aliphatic heterocycles. The molecular weight excluding hydrogens is 282 g/mol. The van der Waals surface area contributed by atoms with Gasteiger partial charge in [-0.25, -0.2) is 9.97 Å². The lowest BCUT2D eigenvalue weighted by molar-refractivity contribution is 0.893. The number of para-hydroxylation sites is 1. The Morgan fingerprint density at radius 3 is 2.86 bits per heavy atom. The predicted octanol–water partition coefficient (Wildman–Crippen LogP) is 2.90. The van der Waals surface area contributed by atoms with Gasteiger partial charge in [-0.15, -0.1) is 0 Å². The fraction of sp³-hybridized carbons (Fsp3) is 0.267. The number of fused-ring (bicyclic) bond motifs is 1. The normalized spacial score (nSPS) is 11.0. The maximum Gasteiger partial charge on any atom is 0.237 e. The van der Waals surface area contributed by atoms with Crippen molar-refractivity contribution in [2.45, 2.75) is 6.92 Å². The Hall–Kier alpha value is -2.08. The van der Waals surface area contributed by atoms with Crippen LogP contribution in [0.5, 0.6) is 0 Å². The molecule has 1 aromatic carbocycles. The van der Waals surface area contributed by atoms with E-state index in [-0.39, 0.29) is 0 Å². The monoisotopic (exact) mass is 299 g/mol. The van der Waals surface area contributed by atoms with Gasteiger partial charge in [0.15, 0.2) is 0 Å². The van der Waals surface area contributed by atoms with Crippen LogP contribution in [0.25, 0.3) is 16.9 Å². The van der Waals surface area contributed by atoms with Gasteiger partial charge in [0, 0.05) is 30.1 Å². The van der Waals surface area contributed by atoms with Crippen molar-refractivity contribution in [3.8, 4) is 5.95 Å². The molecule has 3 aromatic rings. The largest absolute Gasteiger partial charge is 0.369 e. The van der Waals surface area contributed by atoms with Crippen molar-refractivity contribution < 1.29 is 0 Å². The van der Waals surface area contributed by atoms with Gasteiger partial charge in [-0.2, -0.15) is 16.7 Å². The third kappa shape index (κ3) is 2.85. The molecule has 108 valence electrons. The minimum Gasteiger partial charge on any atom is -0.369 e. The van der Waals surface area contributed by atoms with Crippen LogP contribution in [-0.4, -0.2) is 38.1 Å². The molecule has 0 fully saturated rings. The second-order valence-electron chi connectivity index (χ2n) is 4.65. The van der Waals surface area contributed by atoms with Gasteiger partial charge in [-0.3, -0.25) is 4.57 Å². The van der Waals surface area contributed by atoms with Crippen molar-refractivity contribution in [1.29, 1.82) is 0 Å². The number of aromatic nitrogens is 4. The zero-order chi connectivity index (χ0) is 14.7. The van der Waals surface area contributed by atoms with Crippen molar-refractivity contribution >= 4 is 28.5 Å². The minimum absolute atomic E-state index is 0.648. The predicted molar refractivity (Wildman–Crippen MR) is 88.3 cm³/mol. The van der Waals surface area contributed by atoms with Crippen molar-refractivity contribution in [3.63, 3.8) is 0 Å². The van der Waals surface area contributed by atoms with E-state index in [1.165, 1.54) is 0 Å². The summed E-state index contributed by atoms with van der Waals surface area (Å²) in [5.74, 6) is 3.44. The van der Waals surface area contributed by atoms with Crippen LogP contribution in [0.3, 0.4) is 0 Å². The van der Waals surface area contributed by atoms with E-state index in [1.54, 1.807) is 6.20 Å². The second-order valence-corrected chi connectivity index (χ2v) is 5.64. The van der Waals surface area contributed by atoms with Crippen LogP contribution in [0, 0.1) is 6.92 Å². The summed E-state index contributed by atoms with van der Waals surface area (Å²) in [7, 11) is 0. The van der Waals surface area contributed by atoms with E-state index >= 15 is 0 Å². The van der Waals surface area contributed by atoms with E-state index in [2.05, 4.69) is 26.5 Å². The molecule has 0 amide bonds. The Bertz CT molecular complexity index is 753. The van der Waals surface area contributed by atoms with E-state index in [9.17, 15) is 0 Å². The fourth-order valence-corrected chi connectivity index (χ4v) is 2.47. The lowest BCUT2D eigenvalue weighted by atomic mass is 10.2. The molecule has 6 heteroatoms. The number of aryl methyl sites for hydroxylation is 1. The van der Waals surface area contributed by atoms with Crippen molar-refractivity contribution in [2.24, 2.45) is 0 Å². The molecule has 3 rings (SSSR count).